The minimum Gasteiger partial charge on any atom is -0.361 e. The lowest BCUT2D eigenvalue weighted by atomic mass is 10.2. The zero-order valence-electron chi connectivity index (χ0n) is 10.2. The van der Waals surface area contributed by atoms with Crippen LogP contribution in [-0.2, 0) is 19.6 Å². The Balaban J connectivity index is 1.76. The molecule has 0 N–H and O–H groups in total. The van der Waals surface area contributed by atoms with Gasteiger partial charge in [-0.05, 0) is 13.8 Å². The molecule has 0 radical (unpaired) electrons. The topological polar surface area (TPSA) is 47.1 Å². The van der Waals surface area contributed by atoms with E-state index >= 15 is 0 Å². The molecule has 0 saturated carbocycles. The van der Waals surface area contributed by atoms with Gasteiger partial charge in [-0.25, -0.2) is 4.98 Å². The van der Waals surface area contributed by atoms with Gasteiger partial charge in [0, 0.05) is 37.6 Å². The molecule has 0 atom stereocenters. The SMILES string of the molecule is Cc1noc(C)c1CN1CCn2ccnc2C1. The van der Waals surface area contributed by atoms with Crippen molar-refractivity contribution in [2.24, 2.45) is 0 Å². The fraction of sp³-hybridized carbons (Fsp3) is 0.500. The van der Waals surface area contributed by atoms with Gasteiger partial charge in [-0.1, -0.05) is 5.16 Å². The van der Waals surface area contributed by atoms with Gasteiger partial charge in [-0.3, -0.25) is 4.90 Å². The molecule has 0 bridgehead atoms. The molecule has 0 spiro atoms. The molecule has 5 nitrogen and oxygen atoms in total. The molecule has 1 aliphatic rings. The lowest BCUT2D eigenvalue weighted by Crippen LogP contribution is -2.33. The van der Waals surface area contributed by atoms with E-state index in [1.807, 2.05) is 26.2 Å². The molecule has 5 heteroatoms. The van der Waals surface area contributed by atoms with Crippen LogP contribution in [0.3, 0.4) is 0 Å². The summed E-state index contributed by atoms with van der Waals surface area (Å²) < 4.78 is 7.41. The van der Waals surface area contributed by atoms with E-state index in [9.17, 15) is 0 Å². The Morgan fingerprint density at radius 2 is 2.24 bits per heavy atom. The molecule has 0 saturated heterocycles. The van der Waals surface area contributed by atoms with Crippen LogP contribution in [0.4, 0.5) is 0 Å². The van der Waals surface area contributed by atoms with Crippen LogP contribution in [0.25, 0.3) is 0 Å². The summed E-state index contributed by atoms with van der Waals surface area (Å²) >= 11 is 0. The molecule has 1 aliphatic heterocycles. The zero-order valence-corrected chi connectivity index (χ0v) is 10.2. The monoisotopic (exact) mass is 232 g/mol. The standard InChI is InChI=1S/C12H16N4O/c1-9-11(10(2)17-14-9)7-15-5-6-16-4-3-13-12(16)8-15/h3-4H,5-8H2,1-2H3. The van der Waals surface area contributed by atoms with Crippen molar-refractivity contribution in [2.75, 3.05) is 6.54 Å². The Hall–Kier alpha value is -1.62. The van der Waals surface area contributed by atoms with E-state index in [0.29, 0.717) is 0 Å². The van der Waals surface area contributed by atoms with Crippen LogP contribution >= 0.6 is 0 Å². The molecular weight excluding hydrogens is 216 g/mol. The van der Waals surface area contributed by atoms with Gasteiger partial charge in [0.15, 0.2) is 0 Å². The maximum Gasteiger partial charge on any atom is 0.138 e. The Labute approximate surface area is 100 Å². The summed E-state index contributed by atoms with van der Waals surface area (Å²) in [6, 6.07) is 0. The Morgan fingerprint density at radius 3 is 3.00 bits per heavy atom. The van der Waals surface area contributed by atoms with E-state index in [2.05, 4.69) is 19.6 Å². The van der Waals surface area contributed by atoms with Crippen LogP contribution in [0.5, 0.6) is 0 Å². The summed E-state index contributed by atoms with van der Waals surface area (Å²) in [5.74, 6) is 2.07. The second-order valence-electron chi connectivity index (χ2n) is 4.55. The number of rotatable bonds is 2. The van der Waals surface area contributed by atoms with Crippen LogP contribution in [0, 0.1) is 13.8 Å². The third-order valence-corrected chi connectivity index (χ3v) is 3.39. The van der Waals surface area contributed by atoms with Gasteiger partial charge in [0.05, 0.1) is 12.2 Å². The first kappa shape index (κ1) is 10.5. The van der Waals surface area contributed by atoms with Crippen LogP contribution in [0.1, 0.15) is 22.8 Å². The van der Waals surface area contributed by atoms with Gasteiger partial charge in [0.2, 0.25) is 0 Å². The van der Waals surface area contributed by atoms with Crippen LogP contribution < -0.4 is 0 Å². The third-order valence-electron chi connectivity index (χ3n) is 3.39. The van der Waals surface area contributed by atoms with Gasteiger partial charge in [0.25, 0.3) is 0 Å². The highest BCUT2D eigenvalue weighted by molar-refractivity contribution is 5.20. The number of imidazole rings is 1. The first-order valence-electron chi connectivity index (χ1n) is 5.88. The van der Waals surface area contributed by atoms with Crippen LogP contribution in [0.2, 0.25) is 0 Å². The molecule has 3 heterocycles. The fourth-order valence-electron chi connectivity index (χ4n) is 2.31. The van der Waals surface area contributed by atoms with E-state index < -0.39 is 0 Å². The van der Waals surface area contributed by atoms with Crippen molar-refractivity contribution in [1.82, 2.24) is 19.6 Å². The molecular formula is C12H16N4O. The number of nitrogens with zero attached hydrogens (tertiary/aromatic N) is 4. The average Bonchev–Trinajstić information content (AvgIpc) is 2.90. The minimum absolute atomic E-state index is 0.897. The average molecular weight is 232 g/mol. The minimum atomic E-state index is 0.897. The Morgan fingerprint density at radius 1 is 1.35 bits per heavy atom. The highest BCUT2D eigenvalue weighted by Crippen LogP contribution is 2.18. The molecule has 2 aromatic heterocycles. The van der Waals surface area contributed by atoms with Crippen molar-refractivity contribution in [3.05, 3.63) is 35.2 Å². The van der Waals surface area contributed by atoms with Gasteiger partial charge in [-0.15, -0.1) is 0 Å². The van der Waals surface area contributed by atoms with E-state index in [-0.39, 0.29) is 0 Å². The summed E-state index contributed by atoms with van der Waals surface area (Å²) in [7, 11) is 0. The summed E-state index contributed by atoms with van der Waals surface area (Å²) in [5.41, 5.74) is 2.21. The molecule has 2 aromatic rings. The zero-order chi connectivity index (χ0) is 11.8. The molecule has 90 valence electrons. The van der Waals surface area contributed by atoms with Crippen molar-refractivity contribution in [1.29, 1.82) is 0 Å². The lowest BCUT2D eigenvalue weighted by Gasteiger charge is -2.27. The van der Waals surface area contributed by atoms with Gasteiger partial charge >= 0.3 is 0 Å². The van der Waals surface area contributed by atoms with Crippen molar-refractivity contribution in [3.63, 3.8) is 0 Å². The summed E-state index contributed by atoms with van der Waals surface area (Å²) in [6.07, 6.45) is 3.91. The highest BCUT2D eigenvalue weighted by atomic mass is 16.5. The highest BCUT2D eigenvalue weighted by Gasteiger charge is 2.19. The maximum atomic E-state index is 5.19. The quantitative estimate of drug-likeness (QED) is 0.787. The maximum absolute atomic E-state index is 5.19. The number of hydrogen-bond donors (Lipinski definition) is 0. The van der Waals surface area contributed by atoms with E-state index in [1.54, 1.807) is 0 Å². The number of aromatic nitrogens is 3. The molecule has 3 rings (SSSR count). The van der Waals surface area contributed by atoms with Crippen molar-refractivity contribution in [3.8, 4) is 0 Å². The van der Waals surface area contributed by atoms with Crippen LogP contribution in [-0.4, -0.2) is 26.2 Å². The summed E-state index contributed by atoms with van der Waals surface area (Å²) in [4.78, 5) is 6.75. The molecule has 17 heavy (non-hydrogen) atoms. The first-order chi connectivity index (χ1) is 8.24. The smallest absolute Gasteiger partial charge is 0.138 e. The lowest BCUT2D eigenvalue weighted by molar-refractivity contribution is 0.207. The summed E-state index contributed by atoms with van der Waals surface area (Å²) in [5, 5.41) is 3.99. The van der Waals surface area contributed by atoms with Gasteiger partial charge < -0.3 is 9.09 Å². The molecule has 0 amide bonds. The summed E-state index contributed by atoms with van der Waals surface area (Å²) in [6.45, 7) is 7.83. The largest absolute Gasteiger partial charge is 0.361 e. The third kappa shape index (κ3) is 1.86. The molecule has 0 aromatic carbocycles. The number of fused-ring (bicyclic) bond motifs is 1. The Bertz CT molecular complexity index is 509. The Kier molecular flexibility index (Phi) is 2.48. The molecule has 0 fully saturated rings. The second-order valence-corrected chi connectivity index (χ2v) is 4.55. The van der Waals surface area contributed by atoms with E-state index in [4.69, 9.17) is 4.52 Å². The molecule has 0 unspecified atom stereocenters. The van der Waals surface area contributed by atoms with Gasteiger partial charge in [-0.2, -0.15) is 0 Å². The van der Waals surface area contributed by atoms with Gasteiger partial charge in [0.1, 0.15) is 11.6 Å². The number of hydrogen-bond acceptors (Lipinski definition) is 4. The normalized spacial score (nSPS) is 16.1. The first-order valence-corrected chi connectivity index (χ1v) is 5.88. The fourth-order valence-corrected chi connectivity index (χ4v) is 2.31. The van der Waals surface area contributed by atoms with E-state index in [1.165, 1.54) is 5.56 Å². The van der Waals surface area contributed by atoms with Crippen molar-refractivity contribution in [2.45, 2.75) is 33.5 Å². The second kappa shape index (κ2) is 4.00. The predicted molar refractivity (Wildman–Crippen MR) is 62.3 cm³/mol. The molecule has 0 aliphatic carbocycles. The number of aryl methyl sites for hydroxylation is 2. The predicted octanol–water partition coefficient (Wildman–Crippen LogP) is 1.50. The van der Waals surface area contributed by atoms with E-state index in [0.717, 1.165) is 43.5 Å². The van der Waals surface area contributed by atoms with Crippen molar-refractivity contribution < 1.29 is 4.52 Å². The van der Waals surface area contributed by atoms with Crippen LogP contribution in [0.15, 0.2) is 16.9 Å². The van der Waals surface area contributed by atoms with Crippen molar-refractivity contribution >= 4 is 0 Å².